The Morgan fingerprint density at radius 2 is 1.78 bits per heavy atom. The first-order chi connectivity index (χ1) is 12.9. The Morgan fingerprint density at radius 3 is 2.33 bits per heavy atom. The summed E-state index contributed by atoms with van der Waals surface area (Å²) < 4.78 is 0. The summed E-state index contributed by atoms with van der Waals surface area (Å²) in [5.41, 5.74) is 9.35. The number of aromatic nitrogens is 1. The number of nitriles is 1. The first-order valence-corrected chi connectivity index (χ1v) is 9.70. The molecule has 0 bridgehead atoms. The van der Waals surface area contributed by atoms with Gasteiger partial charge in [-0.2, -0.15) is 5.26 Å². The Hall–Kier alpha value is -2.62. The van der Waals surface area contributed by atoms with Crippen LogP contribution in [0, 0.1) is 17.2 Å². The molecule has 2 aliphatic rings. The summed E-state index contributed by atoms with van der Waals surface area (Å²) in [6.07, 6.45) is 5.09. The maximum atomic E-state index is 11.8. The van der Waals surface area contributed by atoms with Gasteiger partial charge in [-0.1, -0.05) is 13.8 Å². The number of carbonyl (C=O) groups excluding carboxylic acids is 2. The van der Waals surface area contributed by atoms with E-state index in [9.17, 15) is 14.9 Å². The highest BCUT2D eigenvalue weighted by atomic mass is 16.2. The number of nitrogens with two attached hydrogens (primary N) is 1. The van der Waals surface area contributed by atoms with Gasteiger partial charge >= 0.3 is 11.8 Å². The van der Waals surface area contributed by atoms with Crippen LogP contribution in [0.15, 0.2) is 0 Å². The minimum atomic E-state index is -0.924. The molecule has 1 aromatic heterocycles. The van der Waals surface area contributed by atoms with Crippen LogP contribution in [0.2, 0.25) is 0 Å². The van der Waals surface area contributed by atoms with Crippen molar-refractivity contribution in [2.75, 3.05) is 31.1 Å². The molecule has 1 aliphatic carbocycles. The molecule has 0 aromatic carbocycles. The Morgan fingerprint density at radius 1 is 1.15 bits per heavy atom. The summed E-state index contributed by atoms with van der Waals surface area (Å²) in [6.45, 7) is 6.27. The standard InChI is InChI=1S/C20H27N5O2/c1-13(2)11-17-15-6-4-3-5-14(15)16(12-21)19(23-17)24-7-9-25(10-8-24)20(27)18(22)26/h13H,3-11H2,1-2H3,(H2,22,26). The van der Waals surface area contributed by atoms with E-state index in [1.165, 1.54) is 16.0 Å². The number of hydrogen-bond donors (Lipinski definition) is 1. The molecular formula is C20H27N5O2. The summed E-state index contributed by atoms with van der Waals surface area (Å²) in [6, 6.07) is 2.39. The summed E-state index contributed by atoms with van der Waals surface area (Å²) >= 11 is 0. The number of pyridine rings is 1. The van der Waals surface area contributed by atoms with E-state index in [0.29, 0.717) is 37.7 Å². The van der Waals surface area contributed by atoms with Crippen LogP contribution in [-0.4, -0.2) is 47.9 Å². The van der Waals surface area contributed by atoms with Gasteiger partial charge in [-0.05, 0) is 49.1 Å². The van der Waals surface area contributed by atoms with Crippen molar-refractivity contribution in [2.24, 2.45) is 11.7 Å². The first kappa shape index (κ1) is 19.2. The van der Waals surface area contributed by atoms with E-state index in [1.807, 2.05) is 0 Å². The van der Waals surface area contributed by atoms with Crippen LogP contribution in [0.3, 0.4) is 0 Å². The highest BCUT2D eigenvalue weighted by Gasteiger charge is 2.29. The van der Waals surface area contributed by atoms with Crippen LogP contribution in [0.25, 0.3) is 0 Å². The number of hydrogen-bond acceptors (Lipinski definition) is 5. The second-order valence-electron chi connectivity index (χ2n) is 7.77. The van der Waals surface area contributed by atoms with Crippen molar-refractivity contribution in [3.8, 4) is 6.07 Å². The van der Waals surface area contributed by atoms with E-state index >= 15 is 0 Å². The van der Waals surface area contributed by atoms with Gasteiger partial charge in [-0.25, -0.2) is 4.98 Å². The van der Waals surface area contributed by atoms with Gasteiger partial charge in [0, 0.05) is 31.9 Å². The van der Waals surface area contributed by atoms with Gasteiger partial charge < -0.3 is 15.5 Å². The summed E-state index contributed by atoms with van der Waals surface area (Å²) in [7, 11) is 0. The van der Waals surface area contributed by atoms with Crippen LogP contribution < -0.4 is 10.6 Å². The summed E-state index contributed by atoms with van der Waals surface area (Å²) in [5.74, 6) is -0.337. The van der Waals surface area contributed by atoms with E-state index < -0.39 is 11.8 Å². The van der Waals surface area contributed by atoms with Crippen molar-refractivity contribution >= 4 is 17.6 Å². The van der Waals surface area contributed by atoms with Crippen LogP contribution >= 0.6 is 0 Å². The second kappa shape index (κ2) is 7.95. The number of primary amides is 1. The molecule has 3 rings (SSSR count). The lowest BCUT2D eigenvalue weighted by molar-refractivity contribution is -0.144. The summed E-state index contributed by atoms with van der Waals surface area (Å²) in [5, 5.41) is 9.85. The van der Waals surface area contributed by atoms with E-state index in [2.05, 4.69) is 24.8 Å². The third-order valence-electron chi connectivity index (χ3n) is 5.37. The van der Waals surface area contributed by atoms with Crippen molar-refractivity contribution in [1.82, 2.24) is 9.88 Å². The minimum absolute atomic E-state index is 0.408. The number of rotatable bonds is 3. The Labute approximate surface area is 160 Å². The smallest absolute Gasteiger partial charge is 0.311 e. The molecule has 0 unspecified atom stereocenters. The molecule has 7 heteroatoms. The molecule has 0 saturated carbocycles. The molecule has 144 valence electrons. The van der Waals surface area contributed by atoms with Crippen molar-refractivity contribution in [2.45, 2.75) is 46.0 Å². The largest absolute Gasteiger partial charge is 0.361 e. The summed E-state index contributed by atoms with van der Waals surface area (Å²) in [4.78, 5) is 31.4. The predicted molar refractivity (Wildman–Crippen MR) is 102 cm³/mol. The molecule has 1 aromatic rings. The molecule has 2 amide bonds. The number of fused-ring (bicyclic) bond motifs is 1. The lowest BCUT2D eigenvalue weighted by Gasteiger charge is -2.36. The molecule has 1 saturated heterocycles. The van der Waals surface area contributed by atoms with Crippen LogP contribution in [-0.2, 0) is 28.9 Å². The number of amides is 2. The molecular weight excluding hydrogens is 342 g/mol. The number of piperazine rings is 1. The third kappa shape index (κ3) is 3.90. The normalized spacial score (nSPS) is 16.8. The van der Waals surface area contributed by atoms with Crippen LogP contribution in [0.4, 0.5) is 5.82 Å². The average Bonchev–Trinajstić information content (AvgIpc) is 2.67. The molecule has 7 nitrogen and oxygen atoms in total. The number of carbonyl (C=O) groups is 2. The highest BCUT2D eigenvalue weighted by Crippen LogP contribution is 2.33. The maximum absolute atomic E-state index is 11.8. The minimum Gasteiger partial charge on any atom is -0.361 e. The zero-order chi connectivity index (χ0) is 19.6. The molecule has 2 N–H and O–H groups in total. The highest BCUT2D eigenvalue weighted by molar-refractivity contribution is 6.34. The molecule has 1 aliphatic heterocycles. The SMILES string of the molecule is CC(C)Cc1nc(N2CCN(C(=O)C(N)=O)CC2)c(C#N)c2c1CCCC2. The Bertz CT molecular complexity index is 789. The van der Waals surface area contributed by atoms with Gasteiger partial charge in [0.15, 0.2) is 0 Å². The second-order valence-corrected chi connectivity index (χ2v) is 7.77. The fourth-order valence-corrected chi connectivity index (χ4v) is 4.06. The van der Waals surface area contributed by atoms with E-state index in [4.69, 9.17) is 10.7 Å². The molecule has 0 radical (unpaired) electrons. The lowest BCUT2D eigenvalue weighted by atomic mass is 9.85. The van der Waals surface area contributed by atoms with Crippen LogP contribution in [0.1, 0.15) is 49.1 Å². The molecule has 1 fully saturated rings. The molecule has 0 spiro atoms. The zero-order valence-corrected chi connectivity index (χ0v) is 16.1. The van der Waals surface area contributed by atoms with Gasteiger partial charge in [0.1, 0.15) is 11.9 Å². The monoisotopic (exact) mass is 369 g/mol. The van der Waals surface area contributed by atoms with Crippen molar-refractivity contribution < 1.29 is 9.59 Å². The van der Waals surface area contributed by atoms with Crippen molar-refractivity contribution in [1.29, 1.82) is 5.26 Å². The van der Waals surface area contributed by atoms with Crippen LogP contribution in [0.5, 0.6) is 0 Å². The Kier molecular flexibility index (Phi) is 5.64. The lowest BCUT2D eigenvalue weighted by Crippen LogP contribution is -2.52. The van der Waals surface area contributed by atoms with Gasteiger partial charge in [-0.15, -0.1) is 0 Å². The van der Waals surface area contributed by atoms with Crippen molar-refractivity contribution in [3.05, 3.63) is 22.4 Å². The topological polar surface area (TPSA) is 103 Å². The Balaban J connectivity index is 1.92. The number of nitrogens with zero attached hydrogens (tertiary/aromatic N) is 4. The van der Waals surface area contributed by atoms with E-state index in [0.717, 1.165) is 43.6 Å². The van der Waals surface area contributed by atoms with Gasteiger partial charge in [-0.3, -0.25) is 9.59 Å². The van der Waals surface area contributed by atoms with E-state index in [1.54, 1.807) is 0 Å². The van der Waals surface area contributed by atoms with Gasteiger partial charge in [0.05, 0.1) is 5.56 Å². The molecule has 0 atom stereocenters. The maximum Gasteiger partial charge on any atom is 0.311 e. The molecule has 2 heterocycles. The zero-order valence-electron chi connectivity index (χ0n) is 16.1. The fraction of sp³-hybridized carbons (Fsp3) is 0.600. The van der Waals surface area contributed by atoms with Gasteiger partial charge in [0.2, 0.25) is 0 Å². The quantitative estimate of drug-likeness (QED) is 0.806. The average molecular weight is 369 g/mol. The number of anilines is 1. The fourth-order valence-electron chi connectivity index (χ4n) is 4.06. The van der Waals surface area contributed by atoms with Crippen molar-refractivity contribution in [3.63, 3.8) is 0 Å². The predicted octanol–water partition coefficient (Wildman–Crippen LogP) is 1.16. The third-order valence-corrected chi connectivity index (χ3v) is 5.37. The molecule has 27 heavy (non-hydrogen) atoms. The first-order valence-electron chi connectivity index (χ1n) is 9.70. The van der Waals surface area contributed by atoms with E-state index in [-0.39, 0.29) is 0 Å². The van der Waals surface area contributed by atoms with Gasteiger partial charge in [0.25, 0.3) is 0 Å².